The molecular formula is C18H14N2O5. The van der Waals surface area contributed by atoms with Crippen LogP contribution in [0.2, 0.25) is 0 Å². The molecule has 1 heterocycles. The lowest BCUT2D eigenvalue weighted by atomic mass is 10.1. The van der Waals surface area contributed by atoms with Gasteiger partial charge in [0.15, 0.2) is 0 Å². The highest BCUT2D eigenvalue weighted by molar-refractivity contribution is 5.92. The largest absolute Gasteiger partial charge is 0.478 e. The van der Waals surface area contributed by atoms with Crippen LogP contribution in [0.25, 0.3) is 11.3 Å². The fourth-order valence-electron chi connectivity index (χ4n) is 2.56. The molecule has 0 fully saturated rings. The lowest BCUT2D eigenvalue weighted by molar-refractivity contribution is -0.384. The van der Waals surface area contributed by atoms with E-state index in [1.807, 2.05) is 6.07 Å². The zero-order chi connectivity index (χ0) is 18.0. The number of carboxylic acids is 1. The summed E-state index contributed by atoms with van der Waals surface area (Å²) in [7, 11) is 0. The summed E-state index contributed by atoms with van der Waals surface area (Å²) in [4.78, 5) is 25.1. The van der Waals surface area contributed by atoms with Gasteiger partial charge in [-0.3, -0.25) is 10.1 Å². The van der Waals surface area contributed by atoms with Crippen molar-refractivity contribution in [1.82, 2.24) is 4.98 Å². The average molecular weight is 338 g/mol. The Bertz CT molecular complexity index is 947. The second kappa shape index (κ2) is 6.48. The summed E-state index contributed by atoms with van der Waals surface area (Å²) in [5.41, 5.74) is 0.803. The van der Waals surface area contributed by atoms with Crippen molar-refractivity contribution >= 4 is 11.7 Å². The van der Waals surface area contributed by atoms with Gasteiger partial charge in [-0.2, -0.15) is 0 Å². The highest BCUT2D eigenvalue weighted by Crippen LogP contribution is 2.40. The molecule has 0 saturated carbocycles. The number of nitro benzene ring substituents is 1. The Labute approximate surface area is 142 Å². The third-order valence-corrected chi connectivity index (χ3v) is 3.69. The van der Waals surface area contributed by atoms with Crippen LogP contribution in [0.4, 0.5) is 5.69 Å². The third kappa shape index (κ3) is 3.20. The van der Waals surface area contributed by atoms with Crippen LogP contribution in [-0.4, -0.2) is 21.0 Å². The van der Waals surface area contributed by atoms with Gasteiger partial charge in [0.05, 0.1) is 16.2 Å². The maximum absolute atomic E-state index is 11.4. The molecule has 2 aromatic carbocycles. The number of hydrogen-bond donors (Lipinski definition) is 2. The van der Waals surface area contributed by atoms with E-state index in [-0.39, 0.29) is 22.6 Å². The first-order chi connectivity index (χ1) is 12.0. The van der Waals surface area contributed by atoms with E-state index in [1.165, 1.54) is 18.2 Å². The van der Waals surface area contributed by atoms with E-state index in [1.54, 1.807) is 37.3 Å². The zero-order valence-electron chi connectivity index (χ0n) is 13.2. The minimum atomic E-state index is -1.11. The van der Waals surface area contributed by atoms with Crippen molar-refractivity contribution in [3.63, 3.8) is 0 Å². The van der Waals surface area contributed by atoms with Crippen LogP contribution in [-0.2, 0) is 0 Å². The lowest BCUT2D eigenvalue weighted by Crippen LogP contribution is -1.96. The van der Waals surface area contributed by atoms with Gasteiger partial charge in [0, 0.05) is 11.8 Å². The van der Waals surface area contributed by atoms with E-state index >= 15 is 0 Å². The molecular weight excluding hydrogens is 324 g/mol. The Morgan fingerprint density at radius 3 is 2.48 bits per heavy atom. The second-order valence-electron chi connectivity index (χ2n) is 5.35. The van der Waals surface area contributed by atoms with Crippen molar-refractivity contribution in [3.8, 4) is 22.8 Å². The maximum Gasteiger partial charge on any atom is 0.337 e. The van der Waals surface area contributed by atoms with Crippen molar-refractivity contribution < 1.29 is 19.6 Å². The number of para-hydroxylation sites is 1. The fourth-order valence-corrected chi connectivity index (χ4v) is 2.56. The van der Waals surface area contributed by atoms with Gasteiger partial charge in [-0.05, 0) is 31.2 Å². The first-order valence-corrected chi connectivity index (χ1v) is 7.41. The van der Waals surface area contributed by atoms with Crippen LogP contribution < -0.4 is 4.74 Å². The van der Waals surface area contributed by atoms with Crippen LogP contribution in [0, 0.1) is 17.0 Å². The molecule has 25 heavy (non-hydrogen) atoms. The SMILES string of the molecule is Cc1[nH]c(-c2c(Oc3ccccc3)cccc2[N+](=O)[O-])cc1C(=O)O. The summed E-state index contributed by atoms with van der Waals surface area (Å²) in [5.74, 6) is -0.325. The molecule has 126 valence electrons. The summed E-state index contributed by atoms with van der Waals surface area (Å²) in [6.07, 6.45) is 0. The number of benzene rings is 2. The minimum Gasteiger partial charge on any atom is -0.478 e. The van der Waals surface area contributed by atoms with Gasteiger partial charge in [-0.15, -0.1) is 0 Å². The Balaban J connectivity index is 2.17. The number of ether oxygens (including phenoxy) is 1. The van der Waals surface area contributed by atoms with E-state index in [2.05, 4.69) is 4.98 Å². The predicted molar refractivity (Wildman–Crippen MR) is 91.1 cm³/mol. The first-order valence-electron chi connectivity index (χ1n) is 7.41. The molecule has 7 nitrogen and oxygen atoms in total. The number of aromatic amines is 1. The first kappa shape index (κ1) is 16.3. The number of H-pyrrole nitrogens is 1. The van der Waals surface area contributed by atoms with Crippen LogP contribution in [0.1, 0.15) is 16.1 Å². The summed E-state index contributed by atoms with van der Waals surface area (Å²) >= 11 is 0. The summed E-state index contributed by atoms with van der Waals surface area (Å²) < 4.78 is 5.79. The standard InChI is InChI=1S/C18H14N2O5/c1-11-13(18(21)22)10-14(19-11)17-15(20(23)24)8-5-9-16(17)25-12-6-3-2-4-7-12/h2-10,19H,1H3,(H,21,22). The van der Waals surface area contributed by atoms with Gasteiger partial charge < -0.3 is 14.8 Å². The molecule has 0 saturated heterocycles. The Morgan fingerprint density at radius 1 is 1.16 bits per heavy atom. The topological polar surface area (TPSA) is 105 Å². The van der Waals surface area contributed by atoms with Gasteiger partial charge in [0.1, 0.15) is 17.1 Å². The van der Waals surface area contributed by atoms with E-state index in [4.69, 9.17) is 4.74 Å². The molecule has 0 radical (unpaired) electrons. The number of carbonyl (C=O) groups is 1. The molecule has 7 heteroatoms. The molecule has 0 atom stereocenters. The normalized spacial score (nSPS) is 10.4. The van der Waals surface area contributed by atoms with Crippen molar-refractivity contribution in [2.24, 2.45) is 0 Å². The molecule has 0 aliphatic carbocycles. The number of aryl methyl sites for hydroxylation is 1. The third-order valence-electron chi connectivity index (χ3n) is 3.69. The molecule has 0 aliphatic heterocycles. The van der Waals surface area contributed by atoms with Gasteiger partial charge in [0.2, 0.25) is 0 Å². The Hall–Kier alpha value is -3.61. The quantitative estimate of drug-likeness (QED) is 0.530. The molecule has 0 spiro atoms. The number of rotatable bonds is 5. The summed E-state index contributed by atoms with van der Waals surface area (Å²) in [5, 5.41) is 20.7. The van der Waals surface area contributed by atoms with E-state index in [0.717, 1.165) is 0 Å². The van der Waals surface area contributed by atoms with Gasteiger partial charge >= 0.3 is 5.97 Å². The zero-order valence-corrected chi connectivity index (χ0v) is 13.2. The molecule has 2 N–H and O–H groups in total. The number of hydrogen-bond acceptors (Lipinski definition) is 4. The Kier molecular flexibility index (Phi) is 4.21. The molecule has 1 aromatic heterocycles. The van der Waals surface area contributed by atoms with Crippen LogP contribution in [0.15, 0.2) is 54.6 Å². The molecule has 3 aromatic rings. The average Bonchev–Trinajstić information content (AvgIpc) is 2.97. The van der Waals surface area contributed by atoms with Crippen molar-refractivity contribution in [2.75, 3.05) is 0 Å². The number of nitro groups is 1. The minimum absolute atomic E-state index is 0.0545. The number of carboxylic acid groups (broad SMARTS) is 1. The van der Waals surface area contributed by atoms with Crippen LogP contribution in [0.5, 0.6) is 11.5 Å². The second-order valence-corrected chi connectivity index (χ2v) is 5.35. The summed E-state index contributed by atoms with van der Waals surface area (Å²) in [6.45, 7) is 1.60. The highest BCUT2D eigenvalue weighted by atomic mass is 16.6. The fraction of sp³-hybridized carbons (Fsp3) is 0.0556. The lowest BCUT2D eigenvalue weighted by Gasteiger charge is -2.10. The number of nitrogens with one attached hydrogen (secondary N) is 1. The maximum atomic E-state index is 11.4. The van der Waals surface area contributed by atoms with Crippen molar-refractivity contribution in [1.29, 1.82) is 0 Å². The van der Waals surface area contributed by atoms with E-state index in [0.29, 0.717) is 17.1 Å². The highest BCUT2D eigenvalue weighted by Gasteiger charge is 2.24. The van der Waals surface area contributed by atoms with Gasteiger partial charge in [-0.1, -0.05) is 24.3 Å². The van der Waals surface area contributed by atoms with E-state index < -0.39 is 10.9 Å². The molecule has 3 rings (SSSR count). The number of aromatic nitrogens is 1. The van der Waals surface area contributed by atoms with Crippen molar-refractivity contribution in [3.05, 3.63) is 76.0 Å². The molecule has 0 aliphatic rings. The summed E-state index contributed by atoms with van der Waals surface area (Å²) in [6, 6.07) is 14.7. The van der Waals surface area contributed by atoms with Gasteiger partial charge in [-0.25, -0.2) is 4.79 Å². The number of aromatic carboxylic acids is 1. The molecule has 0 bridgehead atoms. The van der Waals surface area contributed by atoms with Crippen LogP contribution in [0.3, 0.4) is 0 Å². The van der Waals surface area contributed by atoms with Crippen LogP contribution >= 0.6 is 0 Å². The van der Waals surface area contributed by atoms with Gasteiger partial charge in [0.25, 0.3) is 5.69 Å². The van der Waals surface area contributed by atoms with E-state index in [9.17, 15) is 20.0 Å². The van der Waals surface area contributed by atoms with Crippen molar-refractivity contribution in [2.45, 2.75) is 6.92 Å². The monoisotopic (exact) mass is 338 g/mol. The smallest absolute Gasteiger partial charge is 0.337 e. The molecule has 0 amide bonds. The Morgan fingerprint density at radius 2 is 1.88 bits per heavy atom. The predicted octanol–water partition coefficient (Wildman–Crippen LogP) is 4.39. The molecule has 0 unspecified atom stereocenters. The number of nitrogens with zero attached hydrogens (tertiary/aromatic N) is 1.